The molecule has 0 radical (unpaired) electrons. The standard InChI is InChI=1S/C18H17N3O3/c1-23-16-6-3-13(4-7-16)11-21-12-15(10-20-21)17-8-5-14(9-19-17)18(22)24-2/h3-10,12H,11H2,1-2H3. The highest BCUT2D eigenvalue weighted by molar-refractivity contribution is 5.89. The van der Waals surface area contributed by atoms with Gasteiger partial charge in [-0.1, -0.05) is 12.1 Å². The highest BCUT2D eigenvalue weighted by atomic mass is 16.5. The van der Waals surface area contributed by atoms with Gasteiger partial charge in [0.15, 0.2) is 0 Å². The van der Waals surface area contributed by atoms with Crippen LogP contribution in [0.25, 0.3) is 11.3 Å². The number of ether oxygens (including phenoxy) is 2. The summed E-state index contributed by atoms with van der Waals surface area (Å²) < 4.78 is 11.7. The van der Waals surface area contributed by atoms with Crippen molar-refractivity contribution in [2.24, 2.45) is 0 Å². The van der Waals surface area contributed by atoms with Gasteiger partial charge in [-0.2, -0.15) is 5.10 Å². The number of hydrogen-bond acceptors (Lipinski definition) is 5. The van der Waals surface area contributed by atoms with E-state index in [9.17, 15) is 4.79 Å². The Balaban J connectivity index is 1.73. The van der Waals surface area contributed by atoms with E-state index in [4.69, 9.17) is 4.74 Å². The molecule has 1 aromatic carbocycles. The average Bonchev–Trinajstić information content (AvgIpc) is 3.10. The van der Waals surface area contributed by atoms with E-state index >= 15 is 0 Å². The van der Waals surface area contributed by atoms with Crippen LogP contribution in [0.15, 0.2) is 55.0 Å². The first-order valence-electron chi connectivity index (χ1n) is 7.39. The smallest absolute Gasteiger partial charge is 0.339 e. The summed E-state index contributed by atoms with van der Waals surface area (Å²) >= 11 is 0. The summed E-state index contributed by atoms with van der Waals surface area (Å²) in [6.45, 7) is 0.657. The quantitative estimate of drug-likeness (QED) is 0.676. The summed E-state index contributed by atoms with van der Waals surface area (Å²) in [4.78, 5) is 15.7. The molecule has 0 N–H and O–H groups in total. The van der Waals surface area contributed by atoms with Crippen molar-refractivity contribution in [3.05, 3.63) is 66.1 Å². The molecular weight excluding hydrogens is 306 g/mol. The molecular formula is C18H17N3O3. The Morgan fingerprint density at radius 3 is 2.50 bits per heavy atom. The monoisotopic (exact) mass is 323 g/mol. The van der Waals surface area contributed by atoms with Crippen LogP contribution < -0.4 is 4.74 Å². The van der Waals surface area contributed by atoms with Gasteiger partial charge >= 0.3 is 5.97 Å². The largest absolute Gasteiger partial charge is 0.497 e. The lowest BCUT2D eigenvalue weighted by atomic mass is 10.2. The van der Waals surface area contributed by atoms with E-state index in [1.807, 2.05) is 35.1 Å². The maximum Gasteiger partial charge on any atom is 0.339 e. The van der Waals surface area contributed by atoms with Crippen LogP contribution in [0.1, 0.15) is 15.9 Å². The summed E-state index contributed by atoms with van der Waals surface area (Å²) in [5.74, 6) is 0.430. The number of hydrogen-bond donors (Lipinski definition) is 0. The normalized spacial score (nSPS) is 10.4. The van der Waals surface area contributed by atoms with Crippen LogP contribution in [0.5, 0.6) is 5.75 Å². The van der Waals surface area contributed by atoms with Gasteiger partial charge in [0.05, 0.1) is 38.2 Å². The highest BCUT2D eigenvalue weighted by Gasteiger charge is 2.08. The van der Waals surface area contributed by atoms with Crippen LogP contribution >= 0.6 is 0 Å². The summed E-state index contributed by atoms with van der Waals surface area (Å²) in [5.41, 5.74) is 3.19. The van der Waals surface area contributed by atoms with E-state index in [-0.39, 0.29) is 0 Å². The van der Waals surface area contributed by atoms with Crippen LogP contribution in [0.3, 0.4) is 0 Å². The van der Waals surface area contributed by atoms with Gasteiger partial charge in [0, 0.05) is 18.0 Å². The fraction of sp³-hybridized carbons (Fsp3) is 0.167. The first-order valence-corrected chi connectivity index (χ1v) is 7.39. The number of nitrogens with zero attached hydrogens (tertiary/aromatic N) is 3. The van der Waals surface area contributed by atoms with Gasteiger partial charge in [-0.15, -0.1) is 0 Å². The summed E-state index contributed by atoms with van der Waals surface area (Å²) in [6, 6.07) is 11.3. The predicted octanol–water partition coefficient (Wildman–Crippen LogP) is 2.79. The molecule has 122 valence electrons. The van der Waals surface area contributed by atoms with Crippen LogP contribution in [0.4, 0.5) is 0 Å². The number of benzene rings is 1. The molecule has 3 rings (SSSR count). The molecule has 0 aliphatic heterocycles. The molecule has 0 amide bonds. The van der Waals surface area contributed by atoms with Crippen molar-refractivity contribution in [2.45, 2.75) is 6.54 Å². The molecule has 2 aromatic heterocycles. The number of carbonyl (C=O) groups is 1. The van der Waals surface area contributed by atoms with E-state index in [1.165, 1.54) is 13.3 Å². The minimum atomic E-state index is -0.399. The topological polar surface area (TPSA) is 66.2 Å². The second-order valence-electron chi connectivity index (χ2n) is 5.20. The number of carbonyl (C=O) groups excluding carboxylic acids is 1. The zero-order valence-electron chi connectivity index (χ0n) is 13.5. The fourth-order valence-corrected chi connectivity index (χ4v) is 2.30. The molecule has 0 saturated carbocycles. The molecule has 6 heteroatoms. The number of esters is 1. The van der Waals surface area contributed by atoms with Crippen molar-refractivity contribution in [1.29, 1.82) is 0 Å². The van der Waals surface area contributed by atoms with E-state index < -0.39 is 5.97 Å². The van der Waals surface area contributed by atoms with E-state index in [0.29, 0.717) is 12.1 Å². The van der Waals surface area contributed by atoms with Crippen molar-refractivity contribution < 1.29 is 14.3 Å². The summed E-state index contributed by atoms with van der Waals surface area (Å²) in [5, 5.41) is 4.36. The number of methoxy groups -OCH3 is 2. The van der Waals surface area contributed by atoms with Crippen molar-refractivity contribution in [3.8, 4) is 17.0 Å². The fourth-order valence-electron chi connectivity index (χ4n) is 2.30. The number of pyridine rings is 1. The first kappa shape index (κ1) is 15.7. The summed E-state index contributed by atoms with van der Waals surface area (Å²) in [7, 11) is 2.99. The van der Waals surface area contributed by atoms with Crippen molar-refractivity contribution >= 4 is 5.97 Å². The molecule has 0 bridgehead atoms. The minimum absolute atomic E-state index is 0.399. The first-order chi connectivity index (χ1) is 11.7. The number of rotatable bonds is 5. The Morgan fingerprint density at radius 2 is 1.88 bits per heavy atom. The van der Waals surface area contributed by atoms with E-state index in [2.05, 4.69) is 14.8 Å². The zero-order valence-corrected chi connectivity index (χ0v) is 13.5. The van der Waals surface area contributed by atoms with Crippen molar-refractivity contribution in [1.82, 2.24) is 14.8 Å². The Hall–Kier alpha value is -3.15. The summed E-state index contributed by atoms with van der Waals surface area (Å²) in [6.07, 6.45) is 5.18. The third-order valence-electron chi connectivity index (χ3n) is 3.62. The van der Waals surface area contributed by atoms with E-state index in [1.54, 1.807) is 25.4 Å². The number of aromatic nitrogens is 3. The lowest BCUT2D eigenvalue weighted by Crippen LogP contribution is -2.01. The Bertz CT molecular complexity index is 823. The Labute approximate surface area is 139 Å². The molecule has 0 spiro atoms. The third kappa shape index (κ3) is 3.43. The lowest BCUT2D eigenvalue weighted by Gasteiger charge is -2.04. The molecule has 3 aromatic rings. The molecule has 24 heavy (non-hydrogen) atoms. The zero-order chi connectivity index (χ0) is 16.9. The maximum absolute atomic E-state index is 11.4. The van der Waals surface area contributed by atoms with Gasteiger partial charge < -0.3 is 9.47 Å². The minimum Gasteiger partial charge on any atom is -0.497 e. The third-order valence-corrected chi connectivity index (χ3v) is 3.62. The van der Waals surface area contributed by atoms with Gasteiger partial charge in [0.1, 0.15) is 5.75 Å². The predicted molar refractivity (Wildman–Crippen MR) is 88.9 cm³/mol. The maximum atomic E-state index is 11.4. The van der Waals surface area contributed by atoms with Crippen LogP contribution in [-0.4, -0.2) is 35.0 Å². The molecule has 2 heterocycles. The molecule has 0 saturated heterocycles. The molecule has 0 atom stereocenters. The van der Waals surface area contributed by atoms with Crippen molar-refractivity contribution in [2.75, 3.05) is 14.2 Å². The van der Waals surface area contributed by atoms with Gasteiger partial charge in [0.2, 0.25) is 0 Å². The van der Waals surface area contributed by atoms with Gasteiger partial charge in [0.25, 0.3) is 0 Å². The van der Waals surface area contributed by atoms with Crippen molar-refractivity contribution in [3.63, 3.8) is 0 Å². The Morgan fingerprint density at radius 1 is 1.08 bits per heavy atom. The SMILES string of the molecule is COC(=O)c1ccc(-c2cnn(Cc3ccc(OC)cc3)c2)nc1. The van der Waals surface area contributed by atoms with Gasteiger partial charge in [-0.3, -0.25) is 9.67 Å². The lowest BCUT2D eigenvalue weighted by molar-refractivity contribution is 0.0600. The Kier molecular flexibility index (Phi) is 4.56. The average molecular weight is 323 g/mol. The molecule has 6 nitrogen and oxygen atoms in total. The van der Waals surface area contributed by atoms with Crippen LogP contribution in [-0.2, 0) is 11.3 Å². The van der Waals surface area contributed by atoms with Gasteiger partial charge in [-0.25, -0.2) is 4.79 Å². The van der Waals surface area contributed by atoms with Crippen LogP contribution in [0.2, 0.25) is 0 Å². The van der Waals surface area contributed by atoms with Crippen LogP contribution in [0, 0.1) is 0 Å². The molecule has 0 fully saturated rings. The second-order valence-corrected chi connectivity index (χ2v) is 5.20. The second kappa shape index (κ2) is 6.95. The molecule has 0 aliphatic carbocycles. The highest BCUT2D eigenvalue weighted by Crippen LogP contribution is 2.18. The molecule has 0 unspecified atom stereocenters. The molecule has 0 aliphatic rings. The van der Waals surface area contributed by atoms with E-state index in [0.717, 1.165) is 22.6 Å². The van der Waals surface area contributed by atoms with Gasteiger partial charge in [-0.05, 0) is 29.8 Å².